The zero-order chi connectivity index (χ0) is 18.4. The van der Waals surface area contributed by atoms with Gasteiger partial charge < -0.3 is 20.3 Å². The Hall–Kier alpha value is -1.34. The van der Waals surface area contributed by atoms with Gasteiger partial charge in [-0.1, -0.05) is 13.0 Å². The Morgan fingerprint density at radius 3 is 2.73 bits per heavy atom. The van der Waals surface area contributed by atoms with E-state index in [-0.39, 0.29) is 6.04 Å². The molecule has 6 nitrogen and oxygen atoms in total. The molecule has 0 spiro atoms. The predicted octanol–water partition coefficient (Wildman–Crippen LogP) is 1.66. The van der Waals surface area contributed by atoms with Gasteiger partial charge >= 0.3 is 0 Å². The van der Waals surface area contributed by atoms with Crippen LogP contribution in [0.5, 0.6) is 0 Å². The van der Waals surface area contributed by atoms with Gasteiger partial charge in [-0.25, -0.2) is 5.01 Å². The van der Waals surface area contributed by atoms with Crippen LogP contribution in [0.2, 0.25) is 0 Å². The van der Waals surface area contributed by atoms with Crippen LogP contribution in [0.25, 0.3) is 0 Å². The third-order valence-electron chi connectivity index (χ3n) is 6.39. The van der Waals surface area contributed by atoms with Crippen molar-refractivity contribution in [3.05, 3.63) is 23.3 Å². The molecule has 3 aliphatic rings. The molecule has 3 atom stereocenters. The summed E-state index contributed by atoms with van der Waals surface area (Å²) < 4.78 is 5.29. The normalized spacial score (nSPS) is 27.7. The van der Waals surface area contributed by atoms with Gasteiger partial charge in [0.2, 0.25) is 0 Å². The largest absolute Gasteiger partial charge is 0.383 e. The highest BCUT2D eigenvalue weighted by atomic mass is 16.5. The monoisotopic (exact) mass is 359 g/mol. The Morgan fingerprint density at radius 1 is 1.27 bits per heavy atom. The second-order valence-electron chi connectivity index (χ2n) is 8.47. The molecule has 2 heterocycles. The average molecular weight is 360 g/mol. The van der Waals surface area contributed by atoms with Crippen LogP contribution >= 0.6 is 0 Å². The lowest BCUT2D eigenvalue weighted by molar-refractivity contribution is 0.152. The first-order chi connectivity index (χ1) is 12.5. The third kappa shape index (κ3) is 3.20. The smallest absolute Gasteiger partial charge is 0.0843 e. The number of hydrogen-bond acceptors (Lipinski definition) is 6. The van der Waals surface area contributed by atoms with Crippen molar-refractivity contribution >= 4 is 11.4 Å². The van der Waals surface area contributed by atoms with E-state index in [1.165, 1.54) is 35.3 Å². The van der Waals surface area contributed by atoms with Crippen molar-refractivity contribution in [1.82, 2.24) is 5.01 Å². The fourth-order valence-corrected chi connectivity index (χ4v) is 4.90. The number of hydrazine groups is 1. The van der Waals surface area contributed by atoms with Crippen LogP contribution in [-0.2, 0) is 11.3 Å². The van der Waals surface area contributed by atoms with Crippen molar-refractivity contribution in [3.63, 3.8) is 0 Å². The van der Waals surface area contributed by atoms with Crippen LogP contribution in [-0.4, -0.2) is 50.6 Å². The molecule has 0 amide bonds. The van der Waals surface area contributed by atoms with Gasteiger partial charge in [0.05, 0.1) is 13.3 Å². The maximum Gasteiger partial charge on any atom is 0.0843 e. The van der Waals surface area contributed by atoms with Crippen LogP contribution in [0.3, 0.4) is 0 Å². The number of anilines is 2. The predicted molar refractivity (Wildman–Crippen MR) is 106 cm³/mol. The van der Waals surface area contributed by atoms with Gasteiger partial charge in [0.1, 0.15) is 0 Å². The van der Waals surface area contributed by atoms with Gasteiger partial charge in [0.15, 0.2) is 0 Å². The molecule has 1 aromatic carbocycles. The van der Waals surface area contributed by atoms with Crippen molar-refractivity contribution in [1.29, 1.82) is 0 Å². The standard InChI is InChI=1S/C20H33N5O/c1-13-8-23(10-17(13)18(21)11-26-3)19-7-4-15-9-24(22)12-25(16-5-6-16)20(15)14(19)2/h4,7,13,16-18H,5-6,8-12,21-22H2,1-3H3/t13-,17+,18+/m1/s1. The summed E-state index contributed by atoms with van der Waals surface area (Å²) in [5, 5.41) is 1.93. The Labute approximate surface area is 157 Å². The second-order valence-corrected chi connectivity index (χ2v) is 8.47. The molecule has 1 saturated carbocycles. The summed E-state index contributed by atoms with van der Waals surface area (Å²) in [4.78, 5) is 5.05. The van der Waals surface area contributed by atoms with E-state index in [2.05, 4.69) is 35.8 Å². The molecular formula is C20H33N5O. The van der Waals surface area contributed by atoms with Gasteiger partial charge in [-0.15, -0.1) is 0 Å². The van der Waals surface area contributed by atoms with Crippen molar-refractivity contribution in [2.75, 3.05) is 43.3 Å². The van der Waals surface area contributed by atoms with Gasteiger partial charge in [0, 0.05) is 50.2 Å². The molecule has 4 N–H and O–H groups in total. The summed E-state index contributed by atoms with van der Waals surface area (Å²) >= 11 is 0. The van der Waals surface area contributed by atoms with E-state index in [9.17, 15) is 0 Å². The molecular weight excluding hydrogens is 326 g/mol. The third-order valence-corrected chi connectivity index (χ3v) is 6.39. The number of ether oxygens (including phenoxy) is 1. The van der Waals surface area contributed by atoms with Gasteiger partial charge in [-0.2, -0.15) is 0 Å². The minimum Gasteiger partial charge on any atom is -0.383 e. The van der Waals surface area contributed by atoms with E-state index in [0.29, 0.717) is 24.5 Å². The average Bonchev–Trinajstić information content (AvgIpc) is 3.37. The first-order valence-corrected chi connectivity index (χ1v) is 9.87. The zero-order valence-corrected chi connectivity index (χ0v) is 16.3. The molecule has 6 heteroatoms. The van der Waals surface area contributed by atoms with Crippen LogP contribution in [0, 0.1) is 18.8 Å². The summed E-state index contributed by atoms with van der Waals surface area (Å²) in [5.41, 5.74) is 11.9. The molecule has 0 radical (unpaired) electrons. The van der Waals surface area contributed by atoms with Gasteiger partial charge in [-0.3, -0.25) is 5.84 Å². The molecule has 4 rings (SSSR count). The lowest BCUT2D eigenvalue weighted by atomic mass is 9.91. The van der Waals surface area contributed by atoms with E-state index < -0.39 is 0 Å². The number of methoxy groups -OCH3 is 1. The summed E-state index contributed by atoms with van der Waals surface area (Å²) in [7, 11) is 1.73. The number of nitrogens with zero attached hydrogens (tertiary/aromatic N) is 3. The highest BCUT2D eigenvalue weighted by Crippen LogP contribution is 2.42. The van der Waals surface area contributed by atoms with Crippen molar-refractivity contribution in [2.24, 2.45) is 23.4 Å². The number of hydrogen-bond donors (Lipinski definition) is 2. The zero-order valence-electron chi connectivity index (χ0n) is 16.3. The summed E-state index contributed by atoms with van der Waals surface area (Å²) in [5.74, 6) is 7.22. The quantitative estimate of drug-likeness (QED) is 0.779. The minimum atomic E-state index is 0.103. The first kappa shape index (κ1) is 18.0. The first-order valence-electron chi connectivity index (χ1n) is 9.87. The van der Waals surface area contributed by atoms with E-state index in [1.807, 2.05) is 5.01 Å². The van der Waals surface area contributed by atoms with Gasteiger partial charge in [-0.05, 0) is 48.8 Å². The van der Waals surface area contributed by atoms with Crippen LogP contribution < -0.4 is 21.4 Å². The SMILES string of the molecule is COC[C@H](N)[C@H]1CN(c2ccc3c(c2C)N(C2CC2)CN(N)C3)C[C@H]1C. The Kier molecular flexibility index (Phi) is 4.86. The molecule has 1 aromatic rings. The number of fused-ring (bicyclic) bond motifs is 1. The Bertz CT molecular complexity index is 662. The summed E-state index contributed by atoms with van der Waals surface area (Å²) in [6.45, 7) is 8.97. The van der Waals surface area contributed by atoms with Gasteiger partial charge in [0.25, 0.3) is 0 Å². The van der Waals surface area contributed by atoms with Crippen LogP contribution in [0.1, 0.15) is 30.9 Å². The molecule has 0 aromatic heterocycles. The fourth-order valence-electron chi connectivity index (χ4n) is 4.90. The molecule has 2 fully saturated rings. The topological polar surface area (TPSA) is 71.0 Å². The highest BCUT2D eigenvalue weighted by Gasteiger charge is 2.38. The molecule has 26 heavy (non-hydrogen) atoms. The van der Waals surface area contributed by atoms with E-state index in [1.54, 1.807) is 7.11 Å². The van der Waals surface area contributed by atoms with Crippen molar-refractivity contribution < 1.29 is 4.74 Å². The number of nitrogens with two attached hydrogens (primary N) is 2. The van der Waals surface area contributed by atoms with E-state index >= 15 is 0 Å². The summed E-state index contributed by atoms with van der Waals surface area (Å²) in [6, 6.07) is 5.33. The van der Waals surface area contributed by atoms with E-state index in [0.717, 1.165) is 26.3 Å². The molecule has 144 valence electrons. The maximum atomic E-state index is 6.38. The highest BCUT2D eigenvalue weighted by molar-refractivity contribution is 5.72. The Balaban J connectivity index is 1.61. The Morgan fingerprint density at radius 2 is 2.04 bits per heavy atom. The molecule has 1 saturated heterocycles. The molecule has 0 unspecified atom stereocenters. The lowest BCUT2D eigenvalue weighted by Gasteiger charge is -2.39. The number of rotatable bonds is 5. The number of benzene rings is 1. The maximum absolute atomic E-state index is 6.38. The molecule has 2 aliphatic heterocycles. The minimum absolute atomic E-state index is 0.103. The fraction of sp³-hybridized carbons (Fsp3) is 0.700. The summed E-state index contributed by atoms with van der Waals surface area (Å²) in [6.07, 6.45) is 2.57. The van der Waals surface area contributed by atoms with Crippen molar-refractivity contribution in [3.8, 4) is 0 Å². The van der Waals surface area contributed by atoms with Crippen molar-refractivity contribution in [2.45, 2.75) is 45.3 Å². The second kappa shape index (κ2) is 7.00. The van der Waals surface area contributed by atoms with E-state index in [4.69, 9.17) is 16.3 Å². The lowest BCUT2D eigenvalue weighted by Crippen LogP contribution is -2.47. The van der Waals surface area contributed by atoms with Crippen LogP contribution in [0.4, 0.5) is 11.4 Å². The van der Waals surface area contributed by atoms with Crippen LogP contribution in [0.15, 0.2) is 12.1 Å². The molecule has 0 bridgehead atoms. The molecule has 1 aliphatic carbocycles.